The van der Waals surface area contributed by atoms with E-state index in [1.165, 1.54) is 5.56 Å². The first kappa shape index (κ1) is 15.1. The molecule has 0 aliphatic heterocycles. The summed E-state index contributed by atoms with van der Waals surface area (Å²) in [5.74, 6) is 0.447. The lowest BCUT2D eigenvalue weighted by atomic mass is 10.0. The molecule has 1 aromatic heterocycles. The van der Waals surface area contributed by atoms with E-state index in [2.05, 4.69) is 36.0 Å². The molecule has 18 heavy (non-hydrogen) atoms. The van der Waals surface area contributed by atoms with Crippen LogP contribution in [0.2, 0.25) is 0 Å². The van der Waals surface area contributed by atoms with Gasteiger partial charge in [0.2, 0.25) is 0 Å². The predicted octanol–water partition coefficient (Wildman–Crippen LogP) is 1.17. The summed E-state index contributed by atoms with van der Waals surface area (Å²) in [4.78, 5) is 6.35. The maximum atomic E-state index is 5.87. The van der Waals surface area contributed by atoms with Crippen LogP contribution in [0.3, 0.4) is 0 Å². The smallest absolute Gasteiger partial charge is 0.0503 e. The fourth-order valence-corrected chi connectivity index (χ4v) is 2.24. The van der Waals surface area contributed by atoms with Crippen molar-refractivity contribution in [1.82, 2.24) is 9.88 Å². The van der Waals surface area contributed by atoms with Crippen LogP contribution in [0.5, 0.6) is 0 Å². The number of hydrogen-bond acceptors (Lipinski definition) is 4. The number of nitrogens with two attached hydrogens (primary N) is 1. The lowest BCUT2D eigenvalue weighted by Gasteiger charge is -2.31. The molecule has 0 aliphatic rings. The molecular weight excluding hydrogens is 226 g/mol. The van der Waals surface area contributed by atoms with Crippen molar-refractivity contribution >= 4 is 0 Å². The number of aromatic nitrogens is 1. The van der Waals surface area contributed by atoms with Crippen LogP contribution in [0.25, 0.3) is 0 Å². The molecule has 0 radical (unpaired) electrons. The van der Waals surface area contributed by atoms with Gasteiger partial charge in [-0.25, -0.2) is 0 Å². The molecule has 1 rings (SSSR count). The molecular formula is C14H25N3O. The second kappa shape index (κ2) is 8.19. The molecule has 0 spiro atoms. The van der Waals surface area contributed by atoms with Crippen LogP contribution in [-0.2, 0) is 11.2 Å². The number of nitrogens with zero attached hydrogens (tertiary/aromatic N) is 2. The summed E-state index contributed by atoms with van der Waals surface area (Å²) in [5.41, 5.74) is 7.18. The van der Waals surface area contributed by atoms with Crippen LogP contribution >= 0.6 is 0 Å². The van der Waals surface area contributed by atoms with Gasteiger partial charge in [-0.15, -0.1) is 0 Å². The van der Waals surface area contributed by atoms with Gasteiger partial charge in [0.15, 0.2) is 0 Å². The number of rotatable bonds is 8. The molecule has 1 aromatic rings. The molecule has 4 nitrogen and oxygen atoms in total. The Hall–Kier alpha value is -0.970. The number of methoxy groups -OCH3 is 1. The Balaban J connectivity index is 2.44. The SMILES string of the molecule is COCC(C)C(CN)N(C)CCc1ccncc1. The summed E-state index contributed by atoms with van der Waals surface area (Å²) in [6.45, 7) is 4.60. The van der Waals surface area contributed by atoms with Crippen LogP contribution < -0.4 is 5.73 Å². The first-order valence-electron chi connectivity index (χ1n) is 6.47. The number of likely N-dealkylation sites (N-methyl/N-ethyl adjacent to an activating group) is 1. The van der Waals surface area contributed by atoms with Crippen molar-refractivity contribution in [3.05, 3.63) is 30.1 Å². The first-order chi connectivity index (χ1) is 8.69. The van der Waals surface area contributed by atoms with Crippen LogP contribution in [0, 0.1) is 5.92 Å². The maximum absolute atomic E-state index is 5.87. The van der Waals surface area contributed by atoms with E-state index in [1.54, 1.807) is 7.11 Å². The number of ether oxygens (including phenoxy) is 1. The molecule has 4 heteroatoms. The normalized spacial score (nSPS) is 14.7. The van der Waals surface area contributed by atoms with Gasteiger partial charge >= 0.3 is 0 Å². The van der Waals surface area contributed by atoms with Gasteiger partial charge in [-0.2, -0.15) is 0 Å². The summed E-state index contributed by atoms with van der Waals surface area (Å²) in [5, 5.41) is 0. The van der Waals surface area contributed by atoms with Gasteiger partial charge in [-0.1, -0.05) is 6.92 Å². The van der Waals surface area contributed by atoms with E-state index in [0.717, 1.165) is 19.6 Å². The van der Waals surface area contributed by atoms with E-state index in [4.69, 9.17) is 10.5 Å². The molecule has 0 aromatic carbocycles. The molecule has 2 atom stereocenters. The van der Waals surface area contributed by atoms with E-state index >= 15 is 0 Å². The van der Waals surface area contributed by atoms with E-state index < -0.39 is 0 Å². The minimum atomic E-state index is 0.367. The van der Waals surface area contributed by atoms with Gasteiger partial charge in [0, 0.05) is 38.6 Å². The van der Waals surface area contributed by atoms with Gasteiger partial charge in [-0.05, 0) is 37.1 Å². The molecule has 0 amide bonds. The quantitative estimate of drug-likeness (QED) is 0.753. The summed E-state index contributed by atoms with van der Waals surface area (Å²) >= 11 is 0. The van der Waals surface area contributed by atoms with E-state index in [1.807, 2.05) is 12.4 Å². The Morgan fingerprint density at radius 3 is 2.61 bits per heavy atom. The molecule has 102 valence electrons. The third kappa shape index (κ3) is 4.72. The lowest BCUT2D eigenvalue weighted by Crippen LogP contribution is -2.44. The zero-order valence-corrected chi connectivity index (χ0v) is 11.7. The molecule has 0 fully saturated rings. The maximum Gasteiger partial charge on any atom is 0.0503 e. The van der Waals surface area contributed by atoms with Crippen LogP contribution in [0.15, 0.2) is 24.5 Å². The standard InChI is InChI=1S/C14H25N3O/c1-12(11-18-3)14(10-15)17(2)9-6-13-4-7-16-8-5-13/h4-5,7-8,12,14H,6,9-11,15H2,1-3H3. The zero-order chi connectivity index (χ0) is 13.4. The van der Waals surface area contributed by atoms with Gasteiger partial charge in [-0.3, -0.25) is 4.98 Å². The van der Waals surface area contributed by atoms with Gasteiger partial charge in [0.05, 0.1) is 6.61 Å². The number of hydrogen-bond donors (Lipinski definition) is 1. The van der Waals surface area contributed by atoms with Crippen molar-refractivity contribution in [1.29, 1.82) is 0 Å². The average Bonchev–Trinajstić information content (AvgIpc) is 2.39. The molecule has 0 saturated heterocycles. The molecule has 0 bridgehead atoms. The molecule has 2 unspecified atom stereocenters. The topological polar surface area (TPSA) is 51.4 Å². The van der Waals surface area contributed by atoms with Crippen molar-refractivity contribution < 1.29 is 4.74 Å². The molecule has 0 aliphatic carbocycles. The van der Waals surface area contributed by atoms with Gasteiger partial charge < -0.3 is 15.4 Å². The fraction of sp³-hybridized carbons (Fsp3) is 0.643. The van der Waals surface area contributed by atoms with Crippen molar-refractivity contribution in [2.75, 3.05) is 33.9 Å². The Morgan fingerprint density at radius 1 is 1.39 bits per heavy atom. The fourth-order valence-electron chi connectivity index (χ4n) is 2.24. The zero-order valence-electron chi connectivity index (χ0n) is 11.7. The van der Waals surface area contributed by atoms with Gasteiger partial charge in [0.25, 0.3) is 0 Å². The van der Waals surface area contributed by atoms with E-state index in [0.29, 0.717) is 18.5 Å². The van der Waals surface area contributed by atoms with Crippen LogP contribution in [0.4, 0.5) is 0 Å². The minimum absolute atomic E-state index is 0.367. The minimum Gasteiger partial charge on any atom is -0.384 e. The van der Waals surface area contributed by atoms with Gasteiger partial charge in [0.1, 0.15) is 0 Å². The van der Waals surface area contributed by atoms with Crippen molar-refractivity contribution in [2.24, 2.45) is 11.7 Å². The summed E-state index contributed by atoms with van der Waals surface area (Å²) in [7, 11) is 3.87. The number of pyridine rings is 1. The van der Waals surface area contributed by atoms with E-state index in [9.17, 15) is 0 Å². The summed E-state index contributed by atoms with van der Waals surface area (Å²) in [6, 6.07) is 4.49. The van der Waals surface area contributed by atoms with E-state index in [-0.39, 0.29) is 0 Å². The predicted molar refractivity (Wildman–Crippen MR) is 74.5 cm³/mol. The summed E-state index contributed by atoms with van der Waals surface area (Å²) in [6.07, 6.45) is 4.70. The second-order valence-electron chi connectivity index (χ2n) is 4.82. The average molecular weight is 251 g/mol. The molecule has 1 heterocycles. The lowest BCUT2D eigenvalue weighted by molar-refractivity contribution is 0.0990. The highest BCUT2D eigenvalue weighted by molar-refractivity contribution is 5.09. The molecule has 2 N–H and O–H groups in total. The monoisotopic (exact) mass is 251 g/mol. The van der Waals surface area contributed by atoms with Crippen molar-refractivity contribution in [3.63, 3.8) is 0 Å². The Morgan fingerprint density at radius 2 is 2.06 bits per heavy atom. The summed E-state index contributed by atoms with van der Waals surface area (Å²) < 4.78 is 5.21. The largest absolute Gasteiger partial charge is 0.384 e. The highest BCUT2D eigenvalue weighted by atomic mass is 16.5. The third-order valence-electron chi connectivity index (χ3n) is 3.40. The Kier molecular flexibility index (Phi) is 6.86. The first-order valence-corrected chi connectivity index (χ1v) is 6.47. The van der Waals surface area contributed by atoms with Crippen LogP contribution in [0.1, 0.15) is 12.5 Å². The van der Waals surface area contributed by atoms with Crippen molar-refractivity contribution in [2.45, 2.75) is 19.4 Å². The Labute approximate surface area is 110 Å². The second-order valence-corrected chi connectivity index (χ2v) is 4.82. The molecule has 0 saturated carbocycles. The van der Waals surface area contributed by atoms with Crippen molar-refractivity contribution in [3.8, 4) is 0 Å². The Bertz CT molecular complexity index is 318. The third-order valence-corrected chi connectivity index (χ3v) is 3.40. The van der Waals surface area contributed by atoms with Crippen LogP contribution in [-0.4, -0.2) is 49.8 Å². The highest BCUT2D eigenvalue weighted by Crippen LogP contribution is 2.10. The highest BCUT2D eigenvalue weighted by Gasteiger charge is 2.19.